The molecule has 0 bridgehead atoms. The van der Waals surface area contributed by atoms with Crippen molar-refractivity contribution in [2.75, 3.05) is 0 Å². The van der Waals surface area contributed by atoms with E-state index in [2.05, 4.69) is 41.5 Å². The van der Waals surface area contributed by atoms with Gasteiger partial charge in [-0.15, -0.1) is 12.4 Å². The fourth-order valence-corrected chi connectivity index (χ4v) is 2.85. The van der Waals surface area contributed by atoms with Crippen molar-refractivity contribution >= 4 is 12.4 Å². The molecule has 0 saturated heterocycles. The molecule has 2 unspecified atom stereocenters. The Bertz CT molecular complexity index is 166. The molecule has 124 valence electrons. The summed E-state index contributed by atoms with van der Waals surface area (Å²) in [5, 5.41) is 0. The van der Waals surface area contributed by atoms with Crippen LogP contribution in [0.25, 0.3) is 0 Å². The highest BCUT2D eigenvalue weighted by Gasteiger charge is 2.06. The molecule has 0 rings (SSSR count). The highest BCUT2D eigenvalue weighted by molar-refractivity contribution is 5.85. The number of rotatable bonds is 12. The summed E-state index contributed by atoms with van der Waals surface area (Å²) in [5.74, 6) is 3.66. The van der Waals surface area contributed by atoms with Gasteiger partial charge in [-0.3, -0.25) is 0 Å². The van der Waals surface area contributed by atoms with E-state index in [-0.39, 0.29) is 12.4 Å². The van der Waals surface area contributed by atoms with Crippen LogP contribution in [0.1, 0.15) is 99.3 Å². The first-order chi connectivity index (χ1) is 8.91. The van der Waals surface area contributed by atoms with Crippen LogP contribution in [0.15, 0.2) is 0 Å². The summed E-state index contributed by atoms with van der Waals surface area (Å²) in [4.78, 5) is 0. The molecular weight excluding hydrogens is 264 g/mol. The van der Waals surface area contributed by atoms with Crippen LogP contribution in [-0.4, -0.2) is 0 Å². The van der Waals surface area contributed by atoms with Crippen LogP contribution in [0.2, 0.25) is 0 Å². The van der Waals surface area contributed by atoms with Gasteiger partial charge in [-0.25, -0.2) is 0 Å². The maximum absolute atomic E-state index is 2.45. The first-order valence-electron chi connectivity index (χ1n) is 8.91. The van der Waals surface area contributed by atoms with Gasteiger partial charge in [0.25, 0.3) is 0 Å². The third-order valence-corrected chi connectivity index (χ3v) is 4.35. The molecule has 0 heterocycles. The maximum atomic E-state index is 2.45. The zero-order valence-corrected chi connectivity index (χ0v) is 15.9. The molecule has 20 heavy (non-hydrogen) atoms. The molecule has 1 heteroatoms. The van der Waals surface area contributed by atoms with E-state index < -0.39 is 0 Å². The average molecular weight is 305 g/mol. The minimum Gasteiger partial charge on any atom is -0.147 e. The molecule has 0 radical (unpaired) electrons. The number of hydrogen-bond donors (Lipinski definition) is 0. The molecule has 0 amide bonds. The van der Waals surface area contributed by atoms with E-state index in [1.54, 1.807) is 0 Å². The smallest absolute Gasteiger partial charge is 0.0443 e. The van der Waals surface area contributed by atoms with Gasteiger partial charge in [0.05, 0.1) is 0 Å². The molecule has 0 fully saturated rings. The Kier molecular flexibility index (Phi) is 16.1. The predicted octanol–water partition coefficient (Wildman–Crippen LogP) is 7.50. The monoisotopic (exact) mass is 304 g/mol. The van der Waals surface area contributed by atoms with Crippen LogP contribution in [-0.2, 0) is 0 Å². The topological polar surface area (TPSA) is 0 Å². The number of hydrogen-bond acceptors (Lipinski definition) is 0. The lowest BCUT2D eigenvalue weighted by Gasteiger charge is -2.15. The van der Waals surface area contributed by atoms with E-state index in [4.69, 9.17) is 0 Å². The van der Waals surface area contributed by atoms with E-state index in [1.165, 1.54) is 57.8 Å². The first kappa shape index (κ1) is 22.6. The van der Waals surface area contributed by atoms with Gasteiger partial charge in [0.15, 0.2) is 0 Å². The maximum Gasteiger partial charge on any atom is -0.0443 e. The van der Waals surface area contributed by atoms with Crippen LogP contribution in [0.4, 0.5) is 0 Å². The Labute approximate surface area is 135 Å². The number of halogens is 1. The fraction of sp³-hybridized carbons (Fsp3) is 1.00. The van der Waals surface area contributed by atoms with Crippen LogP contribution in [0.3, 0.4) is 0 Å². The fourth-order valence-electron chi connectivity index (χ4n) is 2.85. The highest BCUT2D eigenvalue weighted by Crippen LogP contribution is 2.21. The van der Waals surface area contributed by atoms with Crippen molar-refractivity contribution in [2.24, 2.45) is 23.7 Å². The van der Waals surface area contributed by atoms with E-state index in [0.29, 0.717) is 0 Å². The van der Waals surface area contributed by atoms with Crippen molar-refractivity contribution in [2.45, 2.75) is 99.3 Å². The van der Waals surface area contributed by atoms with E-state index in [0.717, 1.165) is 23.7 Å². The van der Waals surface area contributed by atoms with Crippen LogP contribution >= 0.6 is 12.4 Å². The molecule has 0 aliphatic carbocycles. The third-order valence-electron chi connectivity index (χ3n) is 4.35. The molecule has 0 spiro atoms. The van der Waals surface area contributed by atoms with Gasteiger partial charge in [-0.05, 0) is 23.7 Å². The zero-order chi connectivity index (χ0) is 14.7. The Morgan fingerprint density at radius 2 is 0.700 bits per heavy atom. The van der Waals surface area contributed by atoms with Crippen molar-refractivity contribution in [3.8, 4) is 0 Å². The van der Waals surface area contributed by atoms with Gasteiger partial charge < -0.3 is 0 Å². The van der Waals surface area contributed by atoms with Gasteiger partial charge in [0.1, 0.15) is 0 Å². The molecule has 0 N–H and O–H groups in total. The Morgan fingerprint density at radius 1 is 0.450 bits per heavy atom. The van der Waals surface area contributed by atoms with Gasteiger partial charge >= 0.3 is 0 Å². The van der Waals surface area contributed by atoms with Crippen LogP contribution < -0.4 is 0 Å². The van der Waals surface area contributed by atoms with E-state index in [1.807, 2.05) is 0 Å². The summed E-state index contributed by atoms with van der Waals surface area (Å²) in [7, 11) is 0. The van der Waals surface area contributed by atoms with E-state index in [9.17, 15) is 0 Å². The second kappa shape index (κ2) is 14.2. The Hall–Kier alpha value is 0.290. The molecular formula is C19H41Cl. The zero-order valence-electron chi connectivity index (χ0n) is 15.1. The van der Waals surface area contributed by atoms with Crippen LogP contribution in [0, 0.1) is 23.7 Å². The lowest BCUT2D eigenvalue weighted by molar-refractivity contribution is 0.381. The molecule has 0 saturated carbocycles. The van der Waals surface area contributed by atoms with Gasteiger partial charge in [0.2, 0.25) is 0 Å². The summed E-state index contributed by atoms with van der Waals surface area (Å²) >= 11 is 0. The largest absolute Gasteiger partial charge is 0.147 e. The standard InChI is InChI=1S/C19H40.ClH/c1-16(2)10-7-12-18(5)14-9-15-19(6)13-8-11-17(3)4;/h16-19H,7-15H2,1-6H3;1H. The van der Waals surface area contributed by atoms with Crippen molar-refractivity contribution in [3.05, 3.63) is 0 Å². The third kappa shape index (κ3) is 16.3. The van der Waals surface area contributed by atoms with Crippen LogP contribution in [0.5, 0.6) is 0 Å². The quantitative estimate of drug-likeness (QED) is 0.350. The van der Waals surface area contributed by atoms with Gasteiger partial charge in [0, 0.05) is 0 Å². The van der Waals surface area contributed by atoms with E-state index >= 15 is 0 Å². The van der Waals surface area contributed by atoms with Crippen molar-refractivity contribution in [1.82, 2.24) is 0 Å². The van der Waals surface area contributed by atoms with Crippen molar-refractivity contribution < 1.29 is 0 Å². The minimum absolute atomic E-state index is 0. The lowest BCUT2D eigenvalue weighted by atomic mass is 9.91. The molecule has 0 aromatic heterocycles. The average Bonchev–Trinajstić information content (AvgIpc) is 2.27. The second-order valence-corrected chi connectivity index (χ2v) is 7.79. The molecule has 0 aromatic rings. The summed E-state index contributed by atoms with van der Waals surface area (Å²) in [5.41, 5.74) is 0. The second-order valence-electron chi connectivity index (χ2n) is 7.79. The molecule has 2 atom stereocenters. The Morgan fingerprint density at radius 3 is 0.950 bits per heavy atom. The predicted molar refractivity (Wildman–Crippen MR) is 96.8 cm³/mol. The lowest BCUT2D eigenvalue weighted by Crippen LogP contribution is -2.00. The minimum atomic E-state index is 0. The summed E-state index contributed by atoms with van der Waals surface area (Å²) < 4.78 is 0. The van der Waals surface area contributed by atoms with Gasteiger partial charge in [-0.2, -0.15) is 0 Å². The highest BCUT2D eigenvalue weighted by atomic mass is 35.5. The van der Waals surface area contributed by atoms with Crippen molar-refractivity contribution in [3.63, 3.8) is 0 Å². The molecule has 0 aliphatic rings. The molecule has 0 aliphatic heterocycles. The van der Waals surface area contributed by atoms with Gasteiger partial charge in [-0.1, -0.05) is 99.3 Å². The summed E-state index contributed by atoms with van der Waals surface area (Å²) in [6.07, 6.45) is 12.9. The summed E-state index contributed by atoms with van der Waals surface area (Å²) in [6, 6.07) is 0. The normalized spacial score (nSPS) is 14.4. The van der Waals surface area contributed by atoms with Crippen molar-refractivity contribution in [1.29, 1.82) is 0 Å². The molecule has 0 aromatic carbocycles. The SMILES string of the molecule is CC(C)CCCC(C)CCCC(C)CCCC(C)C.Cl. The first-order valence-corrected chi connectivity index (χ1v) is 8.91. The Balaban J connectivity index is 0. The molecule has 0 nitrogen and oxygen atoms in total. The summed E-state index contributed by atoms with van der Waals surface area (Å²) in [6.45, 7) is 14.2.